The molecular formula is C24H17ClF3N3O4. The molecule has 0 saturated carbocycles. The lowest BCUT2D eigenvalue weighted by atomic mass is 10.0. The van der Waals surface area contributed by atoms with Crippen LogP contribution in [0.2, 0.25) is 5.02 Å². The van der Waals surface area contributed by atoms with Gasteiger partial charge >= 0.3 is 0 Å². The fraction of sp³-hybridized carbons (Fsp3) is 0.208. The Morgan fingerprint density at radius 1 is 1.14 bits per heavy atom. The van der Waals surface area contributed by atoms with Gasteiger partial charge in [-0.3, -0.25) is 14.4 Å². The maximum Gasteiger partial charge on any atom is 0.279 e. The van der Waals surface area contributed by atoms with Crippen LogP contribution in [-0.2, 0) is 13.0 Å². The highest BCUT2D eigenvalue weighted by Gasteiger charge is 2.38. The fourth-order valence-corrected chi connectivity index (χ4v) is 4.77. The van der Waals surface area contributed by atoms with Gasteiger partial charge in [0.05, 0.1) is 6.04 Å². The molecule has 1 unspecified atom stereocenters. The lowest BCUT2D eigenvalue weighted by Crippen LogP contribution is -2.44. The molecule has 180 valence electrons. The van der Waals surface area contributed by atoms with Crippen molar-refractivity contribution in [1.82, 2.24) is 9.88 Å². The van der Waals surface area contributed by atoms with Crippen LogP contribution in [0.15, 0.2) is 41.3 Å². The van der Waals surface area contributed by atoms with Crippen LogP contribution in [0.3, 0.4) is 0 Å². The zero-order valence-electron chi connectivity index (χ0n) is 17.9. The number of hydrogen-bond acceptors (Lipinski definition) is 4. The molecule has 5 rings (SSSR count). The molecule has 2 aliphatic heterocycles. The number of carbonyl (C=O) groups excluding carboxylic acids is 2. The van der Waals surface area contributed by atoms with E-state index in [0.29, 0.717) is 35.7 Å². The van der Waals surface area contributed by atoms with E-state index in [0.717, 1.165) is 5.56 Å². The van der Waals surface area contributed by atoms with Crippen LogP contribution >= 0.6 is 11.6 Å². The molecule has 0 saturated heterocycles. The van der Waals surface area contributed by atoms with Gasteiger partial charge in [0.15, 0.2) is 11.4 Å². The molecule has 7 nitrogen and oxygen atoms in total. The summed E-state index contributed by atoms with van der Waals surface area (Å²) in [5, 5.41) is 13.4. The van der Waals surface area contributed by atoms with Gasteiger partial charge in [-0.25, -0.2) is 13.2 Å². The summed E-state index contributed by atoms with van der Waals surface area (Å²) in [4.78, 5) is 40.3. The molecule has 11 heteroatoms. The normalized spacial score (nSPS) is 16.4. The van der Waals surface area contributed by atoms with Gasteiger partial charge in [0.2, 0.25) is 5.43 Å². The lowest BCUT2D eigenvalue weighted by Gasteiger charge is -2.35. The summed E-state index contributed by atoms with van der Waals surface area (Å²) in [6.45, 7) is -0.416. The Hall–Kier alpha value is -3.79. The van der Waals surface area contributed by atoms with Crippen molar-refractivity contribution in [2.45, 2.75) is 25.4 Å². The van der Waals surface area contributed by atoms with Gasteiger partial charge in [0.1, 0.15) is 23.0 Å². The van der Waals surface area contributed by atoms with E-state index in [1.165, 1.54) is 15.7 Å². The number of hydrogen-bond donors (Lipinski definition) is 2. The number of nitrogens with one attached hydrogen (secondary N) is 1. The van der Waals surface area contributed by atoms with Crippen molar-refractivity contribution in [3.8, 4) is 5.75 Å². The zero-order valence-corrected chi connectivity index (χ0v) is 18.7. The van der Waals surface area contributed by atoms with Crippen LogP contribution < -0.4 is 15.6 Å². The fourth-order valence-electron chi connectivity index (χ4n) is 4.57. The van der Waals surface area contributed by atoms with Gasteiger partial charge in [-0.05, 0) is 36.6 Å². The lowest BCUT2D eigenvalue weighted by molar-refractivity contribution is 0.0929. The first-order valence-corrected chi connectivity index (χ1v) is 11.0. The molecular weight excluding hydrogens is 487 g/mol. The van der Waals surface area contributed by atoms with Crippen molar-refractivity contribution in [1.29, 1.82) is 0 Å². The molecule has 0 fully saturated rings. The quantitative estimate of drug-likeness (QED) is 0.570. The average Bonchev–Trinajstić information content (AvgIpc) is 2.96. The number of aromatic hydroxyl groups is 1. The molecule has 0 radical (unpaired) electrons. The summed E-state index contributed by atoms with van der Waals surface area (Å²) >= 11 is 6.10. The van der Waals surface area contributed by atoms with Crippen LogP contribution in [0.4, 0.5) is 18.9 Å². The van der Waals surface area contributed by atoms with Crippen molar-refractivity contribution in [2.75, 3.05) is 11.4 Å². The van der Waals surface area contributed by atoms with Gasteiger partial charge in [-0.15, -0.1) is 0 Å². The van der Waals surface area contributed by atoms with Crippen molar-refractivity contribution in [2.24, 2.45) is 0 Å². The smallest absolute Gasteiger partial charge is 0.279 e. The largest absolute Gasteiger partial charge is 0.503 e. The summed E-state index contributed by atoms with van der Waals surface area (Å²) in [6, 6.07) is 5.69. The number of nitrogens with zero attached hydrogens (tertiary/aromatic N) is 2. The summed E-state index contributed by atoms with van der Waals surface area (Å²) < 4.78 is 42.3. The number of pyridine rings is 1. The topological polar surface area (TPSA) is 91.6 Å². The second-order valence-corrected chi connectivity index (χ2v) is 8.82. The van der Waals surface area contributed by atoms with Gasteiger partial charge in [0, 0.05) is 47.7 Å². The van der Waals surface area contributed by atoms with E-state index in [1.54, 1.807) is 18.2 Å². The molecule has 2 amide bonds. The monoisotopic (exact) mass is 503 g/mol. The Morgan fingerprint density at radius 2 is 1.86 bits per heavy atom. The van der Waals surface area contributed by atoms with E-state index in [2.05, 4.69) is 5.32 Å². The van der Waals surface area contributed by atoms with Gasteiger partial charge in [-0.2, -0.15) is 0 Å². The highest BCUT2D eigenvalue weighted by atomic mass is 35.5. The first kappa shape index (κ1) is 23.0. The average molecular weight is 504 g/mol. The van der Waals surface area contributed by atoms with Crippen LogP contribution in [0, 0.1) is 17.5 Å². The standard InChI is InChI=1S/C24H17ClF3N3O4/c25-12-2-4-19-11(5-12)1-3-14-9-31(19)24(35)20-22(33)21(32)16(10-30(14)20)23(34)29-8-15-17(27)6-13(26)7-18(15)28/h2,4-7,10,14,33H,1,3,8-9H2,(H,29,34). The number of amides is 2. The Bertz CT molecular complexity index is 1450. The number of rotatable bonds is 3. The molecule has 3 aromatic rings. The van der Waals surface area contributed by atoms with Gasteiger partial charge in [0.25, 0.3) is 11.8 Å². The van der Waals surface area contributed by atoms with Crippen LogP contribution in [0.1, 0.15) is 44.4 Å². The first-order valence-electron chi connectivity index (χ1n) is 10.7. The Morgan fingerprint density at radius 3 is 2.57 bits per heavy atom. The summed E-state index contributed by atoms with van der Waals surface area (Å²) in [7, 11) is 0. The molecule has 2 N–H and O–H groups in total. The molecule has 0 spiro atoms. The minimum absolute atomic E-state index is 0.246. The van der Waals surface area contributed by atoms with Crippen LogP contribution in [0.5, 0.6) is 5.75 Å². The first-order chi connectivity index (χ1) is 16.7. The van der Waals surface area contributed by atoms with E-state index in [9.17, 15) is 32.7 Å². The van der Waals surface area contributed by atoms with Crippen LogP contribution in [0.25, 0.3) is 0 Å². The van der Waals surface area contributed by atoms with E-state index in [-0.39, 0.29) is 18.3 Å². The maximum absolute atomic E-state index is 13.9. The number of benzene rings is 2. The van der Waals surface area contributed by atoms with E-state index >= 15 is 0 Å². The second kappa shape index (κ2) is 8.46. The number of fused-ring (bicyclic) bond motifs is 6. The van der Waals surface area contributed by atoms with Crippen LogP contribution in [-0.4, -0.2) is 28.0 Å². The Kier molecular flexibility index (Phi) is 5.55. The Labute approximate surface area is 201 Å². The predicted molar refractivity (Wildman–Crippen MR) is 120 cm³/mol. The molecule has 2 aromatic carbocycles. The highest BCUT2D eigenvalue weighted by Crippen LogP contribution is 2.38. The molecule has 3 heterocycles. The van der Waals surface area contributed by atoms with E-state index in [4.69, 9.17) is 11.6 Å². The Balaban J connectivity index is 1.50. The SMILES string of the molecule is O=C(NCc1c(F)cc(F)cc1F)c1cn2c(c(O)c1=O)C(=O)N1CC2CCc2cc(Cl)ccc21. The molecule has 2 aliphatic rings. The number of halogens is 4. The molecule has 35 heavy (non-hydrogen) atoms. The summed E-state index contributed by atoms with van der Waals surface area (Å²) in [5.74, 6) is -6.02. The molecule has 2 bridgehead atoms. The third-order valence-corrected chi connectivity index (χ3v) is 6.54. The minimum atomic E-state index is -1.20. The van der Waals surface area contributed by atoms with Crippen molar-refractivity contribution in [3.05, 3.63) is 91.6 Å². The number of anilines is 1. The van der Waals surface area contributed by atoms with Crippen molar-refractivity contribution >= 4 is 29.1 Å². The third kappa shape index (κ3) is 3.83. The molecule has 0 aliphatic carbocycles. The van der Waals surface area contributed by atoms with Crippen molar-refractivity contribution < 1.29 is 27.9 Å². The van der Waals surface area contributed by atoms with Gasteiger partial charge < -0.3 is 19.9 Å². The maximum atomic E-state index is 13.9. The van der Waals surface area contributed by atoms with Gasteiger partial charge in [-0.1, -0.05) is 11.6 Å². The molecule has 1 aromatic heterocycles. The van der Waals surface area contributed by atoms with Crippen molar-refractivity contribution in [3.63, 3.8) is 0 Å². The number of carbonyl (C=O) groups is 2. The molecule has 1 atom stereocenters. The number of aromatic nitrogens is 1. The minimum Gasteiger partial charge on any atom is -0.503 e. The zero-order chi connectivity index (χ0) is 25.0. The summed E-state index contributed by atoms with van der Waals surface area (Å²) in [6.07, 6.45) is 2.26. The highest BCUT2D eigenvalue weighted by molar-refractivity contribution is 6.30. The van der Waals surface area contributed by atoms with E-state index < -0.39 is 58.1 Å². The summed E-state index contributed by atoms with van der Waals surface area (Å²) in [5.41, 5.74) is -0.970. The number of aryl methyl sites for hydroxylation is 1. The van der Waals surface area contributed by atoms with E-state index in [1.807, 2.05) is 0 Å². The second-order valence-electron chi connectivity index (χ2n) is 8.39. The third-order valence-electron chi connectivity index (χ3n) is 6.30. The predicted octanol–water partition coefficient (Wildman–Crippen LogP) is 3.70.